The third kappa shape index (κ3) is 5.05. The molecule has 150 valence electrons. The van der Waals surface area contributed by atoms with Gasteiger partial charge in [0.25, 0.3) is 0 Å². The standard InChI is InChI=1S/C24H29N5/c1-19-13-16-29(17-14-19)22-10-8-21(9-11-22)26-24-25-15-12-23(27-24)28(2)18-20-6-4-3-5-7-20/h3-12,15,19H,13-14,16-18H2,1-2H3,(H,25,26,27). The van der Waals surface area contributed by atoms with Crippen molar-refractivity contribution in [2.24, 2.45) is 5.92 Å². The van der Waals surface area contributed by atoms with Gasteiger partial charge in [0.15, 0.2) is 0 Å². The summed E-state index contributed by atoms with van der Waals surface area (Å²) in [5, 5.41) is 3.33. The zero-order chi connectivity index (χ0) is 20.1. The van der Waals surface area contributed by atoms with Crippen molar-refractivity contribution >= 4 is 23.1 Å². The van der Waals surface area contributed by atoms with E-state index in [2.05, 4.69) is 80.5 Å². The highest BCUT2D eigenvalue weighted by atomic mass is 15.2. The van der Waals surface area contributed by atoms with Gasteiger partial charge in [-0.15, -0.1) is 0 Å². The number of benzene rings is 2. The Morgan fingerprint density at radius 1 is 1.00 bits per heavy atom. The molecule has 1 aliphatic rings. The number of rotatable bonds is 6. The lowest BCUT2D eigenvalue weighted by Crippen LogP contribution is -2.32. The maximum Gasteiger partial charge on any atom is 0.229 e. The van der Waals surface area contributed by atoms with E-state index in [1.165, 1.54) is 24.1 Å². The lowest BCUT2D eigenvalue weighted by molar-refractivity contribution is 0.438. The van der Waals surface area contributed by atoms with Crippen LogP contribution in [0.3, 0.4) is 0 Å². The van der Waals surface area contributed by atoms with Gasteiger partial charge in [0.1, 0.15) is 5.82 Å². The third-order valence-electron chi connectivity index (χ3n) is 5.57. The molecule has 0 spiro atoms. The number of hydrogen-bond donors (Lipinski definition) is 1. The molecule has 0 bridgehead atoms. The van der Waals surface area contributed by atoms with E-state index < -0.39 is 0 Å². The second-order valence-electron chi connectivity index (χ2n) is 7.92. The van der Waals surface area contributed by atoms with Gasteiger partial charge in [-0.1, -0.05) is 37.3 Å². The van der Waals surface area contributed by atoms with Crippen LogP contribution in [0.25, 0.3) is 0 Å². The smallest absolute Gasteiger partial charge is 0.229 e. The molecule has 0 aliphatic carbocycles. The minimum atomic E-state index is 0.613. The number of nitrogens with zero attached hydrogens (tertiary/aromatic N) is 4. The fourth-order valence-electron chi connectivity index (χ4n) is 3.71. The van der Waals surface area contributed by atoms with E-state index in [4.69, 9.17) is 0 Å². The Labute approximate surface area is 173 Å². The van der Waals surface area contributed by atoms with E-state index in [-0.39, 0.29) is 0 Å². The van der Waals surface area contributed by atoms with E-state index in [1.807, 2.05) is 19.2 Å². The first-order chi connectivity index (χ1) is 14.2. The highest BCUT2D eigenvalue weighted by molar-refractivity contribution is 5.60. The van der Waals surface area contributed by atoms with Gasteiger partial charge >= 0.3 is 0 Å². The average molecular weight is 388 g/mol. The van der Waals surface area contributed by atoms with Crippen LogP contribution in [0.1, 0.15) is 25.3 Å². The van der Waals surface area contributed by atoms with Gasteiger partial charge in [-0.3, -0.25) is 0 Å². The molecular formula is C24H29N5. The van der Waals surface area contributed by atoms with E-state index >= 15 is 0 Å². The quantitative estimate of drug-likeness (QED) is 0.638. The molecule has 5 nitrogen and oxygen atoms in total. The van der Waals surface area contributed by atoms with Gasteiger partial charge in [-0.05, 0) is 54.7 Å². The van der Waals surface area contributed by atoms with Crippen molar-refractivity contribution in [3.63, 3.8) is 0 Å². The van der Waals surface area contributed by atoms with Gasteiger partial charge in [0, 0.05) is 44.3 Å². The summed E-state index contributed by atoms with van der Waals surface area (Å²) in [6, 6.07) is 20.9. The van der Waals surface area contributed by atoms with Crippen molar-refractivity contribution in [2.75, 3.05) is 35.3 Å². The minimum absolute atomic E-state index is 0.613. The lowest BCUT2D eigenvalue weighted by atomic mass is 9.99. The Morgan fingerprint density at radius 3 is 2.45 bits per heavy atom. The molecule has 0 radical (unpaired) electrons. The van der Waals surface area contributed by atoms with Crippen LogP contribution in [0.15, 0.2) is 66.9 Å². The fourth-order valence-corrected chi connectivity index (χ4v) is 3.71. The Morgan fingerprint density at radius 2 is 1.72 bits per heavy atom. The van der Waals surface area contributed by atoms with Crippen LogP contribution in [0.5, 0.6) is 0 Å². The predicted molar refractivity (Wildman–Crippen MR) is 121 cm³/mol. The van der Waals surface area contributed by atoms with E-state index in [0.717, 1.165) is 37.1 Å². The van der Waals surface area contributed by atoms with Crippen LogP contribution in [0.4, 0.5) is 23.1 Å². The Balaban J connectivity index is 1.40. The van der Waals surface area contributed by atoms with Crippen molar-refractivity contribution in [3.8, 4) is 0 Å². The molecule has 1 saturated heterocycles. The summed E-state index contributed by atoms with van der Waals surface area (Å²) >= 11 is 0. The van der Waals surface area contributed by atoms with Crippen LogP contribution in [0, 0.1) is 5.92 Å². The second kappa shape index (κ2) is 8.95. The van der Waals surface area contributed by atoms with Gasteiger partial charge in [0.05, 0.1) is 0 Å². The highest BCUT2D eigenvalue weighted by Crippen LogP contribution is 2.25. The normalized spacial score (nSPS) is 14.6. The average Bonchev–Trinajstić information content (AvgIpc) is 2.76. The van der Waals surface area contributed by atoms with Gasteiger partial charge in [-0.25, -0.2) is 4.98 Å². The predicted octanol–water partition coefficient (Wildman–Crippen LogP) is 5.09. The Bertz CT molecular complexity index is 902. The van der Waals surface area contributed by atoms with Crippen molar-refractivity contribution in [1.29, 1.82) is 0 Å². The van der Waals surface area contributed by atoms with E-state index in [0.29, 0.717) is 5.95 Å². The summed E-state index contributed by atoms with van der Waals surface area (Å²) in [6.45, 7) is 5.44. The fraction of sp³-hybridized carbons (Fsp3) is 0.333. The minimum Gasteiger partial charge on any atom is -0.372 e. The van der Waals surface area contributed by atoms with Crippen molar-refractivity contribution in [1.82, 2.24) is 9.97 Å². The molecule has 1 aromatic heterocycles. The zero-order valence-corrected chi connectivity index (χ0v) is 17.3. The van der Waals surface area contributed by atoms with E-state index in [1.54, 1.807) is 6.20 Å². The van der Waals surface area contributed by atoms with Crippen LogP contribution < -0.4 is 15.1 Å². The summed E-state index contributed by atoms with van der Waals surface area (Å²) in [7, 11) is 2.05. The third-order valence-corrected chi connectivity index (χ3v) is 5.57. The summed E-state index contributed by atoms with van der Waals surface area (Å²) in [5.74, 6) is 2.35. The Kier molecular flexibility index (Phi) is 5.94. The molecule has 0 amide bonds. The van der Waals surface area contributed by atoms with Crippen molar-refractivity contribution < 1.29 is 0 Å². The topological polar surface area (TPSA) is 44.3 Å². The van der Waals surface area contributed by atoms with Crippen LogP contribution >= 0.6 is 0 Å². The molecule has 0 atom stereocenters. The number of hydrogen-bond acceptors (Lipinski definition) is 5. The monoisotopic (exact) mass is 387 g/mol. The molecule has 1 fully saturated rings. The van der Waals surface area contributed by atoms with Gasteiger partial charge in [-0.2, -0.15) is 4.98 Å². The summed E-state index contributed by atoms with van der Waals surface area (Å²) in [4.78, 5) is 13.7. The molecule has 29 heavy (non-hydrogen) atoms. The molecule has 1 N–H and O–H groups in total. The molecule has 3 aromatic rings. The Hall–Kier alpha value is -3.08. The number of aromatic nitrogens is 2. The van der Waals surface area contributed by atoms with E-state index in [9.17, 15) is 0 Å². The van der Waals surface area contributed by atoms with Crippen LogP contribution in [0.2, 0.25) is 0 Å². The molecule has 5 heteroatoms. The first-order valence-corrected chi connectivity index (χ1v) is 10.4. The second-order valence-corrected chi connectivity index (χ2v) is 7.92. The summed E-state index contributed by atoms with van der Waals surface area (Å²) in [6.07, 6.45) is 4.35. The number of anilines is 4. The largest absolute Gasteiger partial charge is 0.372 e. The van der Waals surface area contributed by atoms with Crippen LogP contribution in [-0.4, -0.2) is 30.1 Å². The molecule has 0 unspecified atom stereocenters. The molecule has 4 rings (SSSR count). The SMILES string of the molecule is CC1CCN(c2ccc(Nc3nccc(N(C)Cc4ccccc4)n3)cc2)CC1. The van der Waals surface area contributed by atoms with Gasteiger partial charge < -0.3 is 15.1 Å². The van der Waals surface area contributed by atoms with Crippen LogP contribution in [-0.2, 0) is 6.54 Å². The molecular weight excluding hydrogens is 358 g/mol. The van der Waals surface area contributed by atoms with Crippen molar-refractivity contribution in [3.05, 3.63) is 72.4 Å². The molecule has 1 aliphatic heterocycles. The molecule has 0 saturated carbocycles. The first kappa shape index (κ1) is 19.2. The first-order valence-electron chi connectivity index (χ1n) is 10.4. The number of nitrogens with one attached hydrogen (secondary N) is 1. The maximum absolute atomic E-state index is 4.68. The van der Waals surface area contributed by atoms with Crippen molar-refractivity contribution in [2.45, 2.75) is 26.3 Å². The van der Waals surface area contributed by atoms with Gasteiger partial charge in [0.2, 0.25) is 5.95 Å². The number of piperidine rings is 1. The zero-order valence-electron chi connectivity index (χ0n) is 17.3. The maximum atomic E-state index is 4.68. The highest BCUT2D eigenvalue weighted by Gasteiger charge is 2.15. The molecule has 2 aromatic carbocycles. The lowest BCUT2D eigenvalue weighted by Gasteiger charge is -2.32. The summed E-state index contributed by atoms with van der Waals surface area (Å²) in [5.41, 5.74) is 3.55. The molecule has 2 heterocycles. The summed E-state index contributed by atoms with van der Waals surface area (Å²) < 4.78 is 0.